The van der Waals surface area contributed by atoms with Crippen molar-refractivity contribution in [3.8, 4) is 0 Å². The second-order valence-corrected chi connectivity index (χ2v) is 4.77. The van der Waals surface area contributed by atoms with Crippen LogP contribution >= 0.6 is 11.6 Å². The van der Waals surface area contributed by atoms with Crippen LogP contribution in [0.25, 0.3) is 0 Å². The number of hydrogen-bond donors (Lipinski definition) is 0. The summed E-state index contributed by atoms with van der Waals surface area (Å²) in [4.78, 5) is 8.58. The summed E-state index contributed by atoms with van der Waals surface area (Å²) in [6, 6.07) is 13.5. The van der Waals surface area contributed by atoms with Gasteiger partial charge in [0.05, 0.1) is 5.02 Å². The molecule has 0 saturated heterocycles. The summed E-state index contributed by atoms with van der Waals surface area (Å²) in [7, 11) is 1.96. The lowest BCUT2D eigenvalue weighted by Gasteiger charge is -2.17. The van der Waals surface area contributed by atoms with E-state index in [1.165, 1.54) is 0 Å². The Balaban J connectivity index is 2.03. The summed E-state index contributed by atoms with van der Waals surface area (Å²) >= 11 is 6.12. The maximum absolute atomic E-state index is 6.12. The van der Waals surface area contributed by atoms with Crippen molar-refractivity contribution >= 4 is 29.5 Å². The van der Waals surface area contributed by atoms with Crippen LogP contribution in [0.3, 0.4) is 0 Å². The number of aromatic nitrogens is 1. The van der Waals surface area contributed by atoms with Gasteiger partial charge in [0.15, 0.2) is 5.69 Å². The minimum atomic E-state index is 0.267. The topological polar surface area (TPSA) is 37.6 Å². The van der Waals surface area contributed by atoms with Crippen LogP contribution in [0.15, 0.2) is 58.8 Å². The molecule has 2 heterocycles. The zero-order chi connectivity index (χ0) is 13.3. The first-order valence-corrected chi connectivity index (χ1v) is 6.25. The molecule has 2 aromatic rings. The first kappa shape index (κ1) is 12.0. The van der Waals surface area contributed by atoms with E-state index in [1.807, 2.05) is 37.4 Å². The molecule has 5 heteroatoms. The Morgan fingerprint density at radius 1 is 1.05 bits per heavy atom. The van der Waals surface area contributed by atoms with E-state index in [0.717, 1.165) is 5.69 Å². The van der Waals surface area contributed by atoms with Crippen molar-refractivity contribution in [3.63, 3.8) is 0 Å². The van der Waals surface area contributed by atoms with Crippen molar-refractivity contribution in [2.75, 3.05) is 7.05 Å². The number of quaternary nitrogens is 1. The first-order chi connectivity index (χ1) is 9.19. The lowest BCUT2D eigenvalue weighted by Crippen LogP contribution is -2.35. The highest BCUT2D eigenvalue weighted by Gasteiger charge is 2.31. The second-order valence-electron chi connectivity index (χ2n) is 4.36. The molecule has 0 saturated carbocycles. The summed E-state index contributed by atoms with van der Waals surface area (Å²) in [5, 5.41) is 5.16. The normalized spacial score (nSPS) is 21.5. The summed E-state index contributed by atoms with van der Waals surface area (Å²) in [5.74, 6) is 0.553. The van der Waals surface area contributed by atoms with Gasteiger partial charge < -0.3 is 0 Å². The lowest BCUT2D eigenvalue weighted by molar-refractivity contribution is 0.550. The van der Waals surface area contributed by atoms with Gasteiger partial charge >= 0.3 is 0 Å². The molecule has 1 atom stereocenters. The van der Waals surface area contributed by atoms with E-state index in [1.54, 1.807) is 24.7 Å². The van der Waals surface area contributed by atoms with Crippen molar-refractivity contribution in [2.45, 2.75) is 0 Å². The van der Waals surface area contributed by atoms with Crippen LogP contribution in [-0.4, -0.2) is 24.2 Å². The number of pyridine rings is 1. The molecular formula is C14H12ClN4+. The molecular weight excluding hydrogens is 260 g/mol. The van der Waals surface area contributed by atoms with Crippen LogP contribution in [-0.2, 0) is 0 Å². The van der Waals surface area contributed by atoms with Gasteiger partial charge in [-0.3, -0.25) is 4.98 Å². The quantitative estimate of drug-likeness (QED) is 0.774. The molecule has 1 aromatic heterocycles. The van der Waals surface area contributed by atoms with E-state index in [4.69, 9.17) is 11.6 Å². The standard InChI is InChI=1S/C14H12ClN4/c1-19(11-6-3-2-4-7-11)10-17-14(18-19)13-12(15)8-5-9-16-13/h2-10H,1H3/q+1. The van der Waals surface area contributed by atoms with Gasteiger partial charge in [-0.15, -0.1) is 4.59 Å². The molecule has 0 aliphatic carbocycles. The van der Waals surface area contributed by atoms with Crippen molar-refractivity contribution in [1.82, 2.24) is 9.58 Å². The third-order valence-electron chi connectivity index (χ3n) is 2.96. The van der Waals surface area contributed by atoms with Gasteiger partial charge in [-0.1, -0.05) is 29.8 Å². The van der Waals surface area contributed by atoms with Crippen molar-refractivity contribution in [3.05, 3.63) is 59.4 Å². The van der Waals surface area contributed by atoms with Gasteiger partial charge in [-0.2, -0.15) is 4.99 Å². The third kappa shape index (κ3) is 2.16. The highest BCUT2D eigenvalue weighted by molar-refractivity contribution is 6.34. The number of para-hydroxylation sites is 1. The molecule has 0 spiro atoms. The summed E-state index contributed by atoms with van der Waals surface area (Å²) in [5.41, 5.74) is 1.64. The van der Waals surface area contributed by atoms with Crippen LogP contribution in [0.5, 0.6) is 0 Å². The molecule has 1 aliphatic heterocycles. The first-order valence-electron chi connectivity index (χ1n) is 5.87. The van der Waals surface area contributed by atoms with Gasteiger partial charge in [-0.25, -0.2) is 0 Å². The minimum Gasteiger partial charge on any atom is -0.251 e. The van der Waals surface area contributed by atoms with Crippen molar-refractivity contribution in [1.29, 1.82) is 0 Å². The maximum Gasteiger partial charge on any atom is 0.240 e. The van der Waals surface area contributed by atoms with Crippen LogP contribution in [0.1, 0.15) is 5.69 Å². The molecule has 0 bridgehead atoms. The highest BCUT2D eigenvalue weighted by Crippen LogP contribution is 2.25. The van der Waals surface area contributed by atoms with Crippen LogP contribution in [0.2, 0.25) is 5.02 Å². The second kappa shape index (κ2) is 4.57. The molecule has 0 fully saturated rings. The summed E-state index contributed by atoms with van der Waals surface area (Å²) < 4.78 is 0.267. The minimum absolute atomic E-state index is 0.267. The highest BCUT2D eigenvalue weighted by atomic mass is 35.5. The number of nitrogens with zero attached hydrogens (tertiary/aromatic N) is 4. The molecule has 19 heavy (non-hydrogen) atoms. The van der Waals surface area contributed by atoms with Crippen LogP contribution in [0, 0.1) is 0 Å². The Kier molecular flexibility index (Phi) is 2.89. The molecule has 1 unspecified atom stereocenters. The summed E-state index contributed by atoms with van der Waals surface area (Å²) in [6.07, 6.45) is 3.46. The number of hydrogen-bond acceptors (Lipinski definition) is 3. The Hall–Kier alpha value is -2.04. The molecule has 3 rings (SSSR count). The predicted octanol–water partition coefficient (Wildman–Crippen LogP) is 3.08. The van der Waals surface area contributed by atoms with Gasteiger partial charge in [0.1, 0.15) is 12.7 Å². The third-order valence-corrected chi connectivity index (χ3v) is 3.26. The van der Waals surface area contributed by atoms with Gasteiger partial charge in [-0.05, 0) is 17.2 Å². The monoisotopic (exact) mass is 271 g/mol. The smallest absolute Gasteiger partial charge is 0.240 e. The van der Waals surface area contributed by atoms with Crippen molar-refractivity contribution in [2.24, 2.45) is 10.1 Å². The van der Waals surface area contributed by atoms with E-state index in [-0.39, 0.29) is 4.59 Å². The molecule has 0 amide bonds. The number of aliphatic imine (C=N–C) groups is 1. The van der Waals surface area contributed by atoms with E-state index >= 15 is 0 Å². The Labute approximate surface area is 116 Å². The number of halogens is 1. The zero-order valence-electron chi connectivity index (χ0n) is 10.4. The maximum atomic E-state index is 6.12. The Bertz CT molecular complexity index is 666. The number of benzene rings is 1. The average Bonchev–Trinajstić information content (AvgIpc) is 2.84. The van der Waals surface area contributed by atoms with E-state index in [0.29, 0.717) is 16.6 Å². The molecule has 0 radical (unpaired) electrons. The fourth-order valence-corrected chi connectivity index (χ4v) is 2.13. The molecule has 1 aliphatic rings. The van der Waals surface area contributed by atoms with E-state index in [2.05, 4.69) is 15.1 Å². The average molecular weight is 272 g/mol. The van der Waals surface area contributed by atoms with Gasteiger partial charge in [0, 0.05) is 18.3 Å². The van der Waals surface area contributed by atoms with Crippen LogP contribution < -0.4 is 4.59 Å². The van der Waals surface area contributed by atoms with E-state index in [9.17, 15) is 0 Å². The van der Waals surface area contributed by atoms with Crippen LogP contribution in [0.4, 0.5) is 5.69 Å². The SMILES string of the molecule is C[N+]1(c2ccccc2)C=NC(c2ncccc2Cl)=N1. The lowest BCUT2D eigenvalue weighted by atomic mass is 10.3. The Morgan fingerprint density at radius 2 is 1.84 bits per heavy atom. The van der Waals surface area contributed by atoms with Gasteiger partial charge in [0.2, 0.25) is 12.2 Å². The predicted molar refractivity (Wildman–Crippen MR) is 78.4 cm³/mol. The zero-order valence-corrected chi connectivity index (χ0v) is 11.1. The number of amidine groups is 1. The summed E-state index contributed by atoms with van der Waals surface area (Å²) in [6.45, 7) is 0. The largest absolute Gasteiger partial charge is 0.251 e. The molecule has 0 N–H and O–H groups in total. The van der Waals surface area contributed by atoms with Crippen molar-refractivity contribution < 1.29 is 0 Å². The van der Waals surface area contributed by atoms with Gasteiger partial charge in [0.25, 0.3) is 0 Å². The van der Waals surface area contributed by atoms with E-state index < -0.39 is 0 Å². The Morgan fingerprint density at radius 3 is 2.58 bits per heavy atom. The number of rotatable bonds is 2. The fourth-order valence-electron chi connectivity index (χ4n) is 1.93. The molecule has 4 nitrogen and oxygen atoms in total. The molecule has 94 valence electrons. The fraction of sp³-hybridized carbons (Fsp3) is 0.0714. The molecule has 1 aromatic carbocycles.